The zero-order chi connectivity index (χ0) is 27.7. The van der Waals surface area contributed by atoms with Gasteiger partial charge in [0.15, 0.2) is 15.7 Å². The van der Waals surface area contributed by atoms with Crippen molar-refractivity contribution in [3.63, 3.8) is 0 Å². The summed E-state index contributed by atoms with van der Waals surface area (Å²) >= 11 is 1.56. The quantitative estimate of drug-likeness (QED) is 0.350. The summed E-state index contributed by atoms with van der Waals surface area (Å²) in [6.07, 6.45) is 4.82. The highest BCUT2D eigenvalue weighted by molar-refractivity contribution is 7.92. The molecule has 3 aromatic rings. The minimum atomic E-state index is -3.55. The number of alkyl carbamates (subject to hydrolysis) is 1. The Kier molecular flexibility index (Phi) is 7.97. The molecule has 2 aliphatic rings. The molecule has 1 aliphatic heterocycles. The summed E-state index contributed by atoms with van der Waals surface area (Å²) in [5.41, 5.74) is 2.27. The highest BCUT2D eigenvalue weighted by Crippen LogP contribution is 2.41. The van der Waals surface area contributed by atoms with Crippen LogP contribution in [-0.2, 0) is 14.6 Å². The van der Waals surface area contributed by atoms with E-state index in [1.807, 2.05) is 50.9 Å². The van der Waals surface area contributed by atoms with Crippen LogP contribution in [0.15, 0.2) is 35.4 Å². The van der Waals surface area contributed by atoms with Crippen molar-refractivity contribution in [1.29, 1.82) is 0 Å². The van der Waals surface area contributed by atoms with E-state index in [0.29, 0.717) is 35.1 Å². The summed E-state index contributed by atoms with van der Waals surface area (Å²) in [7, 11) is -1.62. The van der Waals surface area contributed by atoms with Gasteiger partial charge in [-0.2, -0.15) is 5.10 Å². The van der Waals surface area contributed by atoms with Crippen LogP contribution in [-0.4, -0.2) is 72.1 Å². The average molecular weight is 573 g/mol. The Labute approximate surface area is 233 Å². The monoisotopic (exact) mass is 572 g/mol. The van der Waals surface area contributed by atoms with E-state index in [2.05, 4.69) is 20.8 Å². The van der Waals surface area contributed by atoms with E-state index in [0.717, 1.165) is 41.3 Å². The van der Waals surface area contributed by atoms with E-state index < -0.39 is 15.1 Å². The Hall–Kier alpha value is -2.96. The number of H-pyrrole nitrogens is 1. The molecule has 210 valence electrons. The number of aryl methyl sites for hydroxylation is 1. The van der Waals surface area contributed by atoms with Gasteiger partial charge in [-0.1, -0.05) is 6.07 Å². The van der Waals surface area contributed by atoms with Gasteiger partial charge < -0.3 is 20.3 Å². The van der Waals surface area contributed by atoms with Crippen LogP contribution in [0.5, 0.6) is 0 Å². The molecule has 2 fully saturated rings. The third-order valence-corrected chi connectivity index (χ3v) is 10.6. The molecule has 0 atom stereocenters. The first-order valence-electron chi connectivity index (χ1n) is 13.4. The maximum atomic E-state index is 13.7. The van der Waals surface area contributed by atoms with Crippen molar-refractivity contribution in [1.82, 2.24) is 25.4 Å². The number of nitrogens with one attached hydrogen (secondary N) is 3. The van der Waals surface area contributed by atoms with E-state index >= 15 is 0 Å². The van der Waals surface area contributed by atoms with E-state index in [1.165, 1.54) is 0 Å². The van der Waals surface area contributed by atoms with Gasteiger partial charge in [0, 0.05) is 54.3 Å². The molecule has 1 amide bonds. The number of amides is 1. The molecule has 3 heterocycles. The lowest BCUT2D eigenvalue weighted by Crippen LogP contribution is -2.52. The number of sulfone groups is 1. The summed E-state index contributed by atoms with van der Waals surface area (Å²) in [6, 6.07) is 7.45. The van der Waals surface area contributed by atoms with Gasteiger partial charge in [-0.3, -0.25) is 5.10 Å². The van der Waals surface area contributed by atoms with Gasteiger partial charge in [0.05, 0.1) is 26.1 Å². The van der Waals surface area contributed by atoms with Crippen LogP contribution >= 0.6 is 11.3 Å². The van der Waals surface area contributed by atoms with E-state index in [-0.39, 0.29) is 24.2 Å². The number of aromatic amines is 1. The van der Waals surface area contributed by atoms with Crippen LogP contribution in [0.4, 0.5) is 16.3 Å². The molecule has 12 heteroatoms. The standard InChI is InChI=1S/C27H36N6O4S2/c1-16(2)37-27(34)30-19-7-5-18(6-8-19)26-28-13-23(38-26)22-10-9-20(29-25-11-17(3)31-32-25)12-24(22)39(35,36)21-14-33(4)15-21/h9-13,16,18-19,21H,5-8,14-15H2,1-4H3,(H,30,34)(H2,29,31,32). The summed E-state index contributed by atoms with van der Waals surface area (Å²) < 4.78 is 32.7. The van der Waals surface area contributed by atoms with Gasteiger partial charge in [0.1, 0.15) is 0 Å². The zero-order valence-corrected chi connectivity index (χ0v) is 24.4. The fourth-order valence-corrected chi connectivity index (χ4v) is 8.41. The fourth-order valence-electron chi connectivity index (χ4n) is 5.19. The number of likely N-dealkylation sites (tertiary alicyclic amines) is 1. The SMILES string of the molecule is Cc1cc(Nc2ccc(-c3cnc(C4CCC(NC(=O)OC(C)C)CC4)s3)c(S(=O)(=O)C3CN(C)C3)c2)n[nH]1. The molecule has 1 saturated heterocycles. The number of hydrogen-bond acceptors (Lipinski definition) is 9. The van der Waals surface area contributed by atoms with Crippen LogP contribution in [0.2, 0.25) is 0 Å². The largest absolute Gasteiger partial charge is 0.447 e. The number of anilines is 2. The van der Waals surface area contributed by atoms with Crippen LogP contribution < -0.4 is 10.6 Å². The number of ether oxygens (including phenoxy) is 1. The Morgan fingerprint density at radius 2 is 1.92 bits per heavy atom. The molecule has 3 N–H and O–H groups in total. The number of benzene rings is 1. The molecule has 0 radical (unpaired) electrons. The van der Waals surface area contributed by atoms with E-state index in [1.54, 1.807) is 23.6 Å². The second kappa shape index (κ2) is 11.3. The topological polar surface area (TPSA) is 129 Å². The number of aromatic nitrogens is 3. The Bertz CT molecular complexity index is 1420. The van der Waals surface area contributed by atoms with Crippen LogP contribution in [0.25, 0.3) is 10.4 Å². The smallest absolute Gasteiger partial charge is 0.407 e. The molecule has 5 rings (SSSR count). The van der Waals surface area contributed by atoms with Crippen molar-refractivity contribution in [2.45, 2.75) is 74.7 Å². The molecule has 10 nitrogen and oxygen atoms in total. The van der Waals surface area contributed by atoms with Crippen molar-refractivity contribution >= 4 is 38.8 Å². The third-order valence-electron chi connectivity index (χ3n) is 7.27. The first kappa shape index (κ1) is 27.6. The number of hydrogen-bond donors (Lipinski definition) is 3. The Morgan fingerprint density at radius 1 is 1.18 bits per heavy atom. The normalized spacial score (nSPS) is 20.5. The summed E-state index contributed by atoms with van der Waals surface area (Å²) in [6.45, 7) is 6.63. The first-order valence-corrected chi connectivity index (χ1v) is 15.7. The second-order valence-electron chi connectivity index (χ2n) is 10.9. The average Bonchev–Trinajstić information content (AvgIpc) is 3.51. The molecule has 1 aromatic carbocycles. The lowest BCUT2D eigenvalue weighted by atomic mass is 9.86. The number of rotatable bonds is 8. The van der Waals surface area contributed by atoms with Crippen LogP contribution in [0, 0.1) is 6.92 Å². The molecule has 2 aromatic heterocycles. The van der Waals surface area contributed by atoms with Gasteiger partial charge >= 0.3 is 6.09 Å². The lowest BCUT2D eigenvalue weighted by molar-refractivity contribution is 0.109. The van der Waals surface area contributed by atoms with Gasteiger partial charge in [0.25, 0.3) is 0 Å². The van der Waals surface area contributed by atoms with Crippen molar-refractivity contribution in [2.24, 2.45) is 0 Å². The molecule has 1 saturated carbocycles. The Balaban J connectivity index is 1.35. The van der Waals surface area contributed by atoms with E-state index in [4.69, 9.17) is 9.72 Å². The first-order chi connectivity index (χ1) is 18.6. The Morgan fingerprint density at radius 3 is 2.56 bits per heavy atom. The molecule has 39 heavy (non-hydrogen) atoms. The number of thiazole rings is 1. The predicted molar refractivity (Wildman–Crippen MR) is 152 cm³/mol. The minimum absolute atomic E-state index is 0.0997. The molecular formula is C27H36N6O4S2. The van der Waals surface area contributed by atoms with Gasteiger partial charge in [-0.15, -0.1) is 11.3 Å². The molecule has 0 bridgehead atoms. The molecule has 0 unspecified atom stereocenters. The predicted octanol–water partition coefficient (Wildman–Crippen LogP) is 4.83. The molecule has 0 spiro atoms. The minimum Gasteiger partial charge on any atom is -0.447 e. The maximum absolute atomic E-state index is 13.7. The van der Waals surface area contributed by atoms with Crippen LogP contribution in [0.3, 0.4) is 0 Å². The van der Waals surface area contributed by atoms with Gasteiger partial charge in [-0.05, 0) is 65.6 Å². The summed E-state index contributed by atoms with van der Waals surface area (Å²) in [4.78, 5) is 19.9. The highest BCUT2D eigenvalue weighted by Gasteiger charge is 2.38. The third kappa shape index (κ3) is 6.28. The summed E-state index contributed by atoms with van der Waals surface area (Å²) in [5, 5.41) is 13.9. The molecule has 1 aliphatic carbocycles. The van der Waals surface area contributed by atoms with Crippen molar-refractivity contribution in [2.75, 3.05) is 25.5 Å². The lowest BCUT2D eigenvalue weighted by Gasteiger charge is -2.35. The van der Waals surface area contributed by atoms with Crippen LogP contribution in [0.1, 0.15) is 56.2 Å². The zero-order valence-electron chi connectivity index (χ0n) is 22.7. The number of carbonyl (C=O) groups excluding carboxylic acids is 1. The summed E-state index contributed by atoms with van der Waals surface area (Å²) in [5.74, 6) is 0.918. The molecular weight excluding hydrogens is 536 g/mol. The maximum Gasteiger partial charge on any atom is 0.407 e. The van der Waals surface area contributed by atoms with E-state index in [9.17, 15) is 13.2 Å². The fraction of sp³-hybridized carbons (Fsp3) is 0.519. The van der Waals surface area contributed by atoms with Crippen molar-refractivity contribution in [3.05, 3.63) is 41.2 Å². The van der Waals surface area contributed by atoms with Crippen molar-refractivity contribution < 1.29 is 17.9 Å². The van der Waals surface area contributed by atoms with Gasteiger partial charge in [-0.25, -0.2) is 18.2 Å². The number of carbonyl (C=O) groups is 1. The van der Waals surface area contributed by atoms with Gasteiger partial charge in [0.2, 0.25) is 0 Å². The number of nitrogens with zero attached hydrogens (tertiary/aromatic N) is 3. The van der Waals surface area contributed by atoms with Crippen molar-refractivity contribution in [3.8, 4) is 10.4 Å². The highest BCUT2D eigenvalue weighted by atomic mass is 32.2. The second-order valence-corrected chi connectivity index (χ2v) is 14.1.